The van der Waals surface area contributed by atoms with Gasteiger partial charge in [-0.3, -0.25) is 0 Å². The highest BCUT2D eigenvalue weighted by Gasteiger charge is 2.29. The Morgan fingerprint density at radius 3 is 1.48 bits per heavy atom. The van der Waals surface area contributed by atoms with Crippen LogP contribution in [0.25, 0.3) is 55.6 Å². The standard InChI is InChI=1S/C38H26Cl2O2/c1-42-38(41)31-23-12-11-22-30(31)36-34(27-18-9-4-10-19-27)32(25-14-5-2-6-15-25)33(26-16-7-3-8-17-26)35(37(36)40)28-20-13-21-29(39)24-28/h2-24H,1H3. The summed E-state index contributed by atoms with van der Waals surface area (Å²) in [5, 5.41) is 1.12. The van der Waals surface area contributed by atoms with Crippen LogP contribution in [-0.2, 0) is 4.74 Å². The summed E-state index contributed by atoms with van der Waals surface area (Å²) in [6.07, 6.45) is 0. The van der Waals surface area contributed by atoms with Crippen molar-refractivity contribution in [3.63, 3.8) is 0 Å². The van der Waals surface area contributed by atoms with Crippen molar-refractivity contribution < 1.29 is 9.53 Å². The third kappa shape index (κ3) is 5.12. The predicted octanol–water partition coefficient (Wildman–Crippen LogP) is 11.1. The maximum absolute atomic E-state index is 13.1. The van der Waals surface area contributed by atoms with E-state index in [0.717, 1.165) is 50.1 Å². The minimum absolute atomic E-state index is 0.432. The Hall–Kier alpha value is -4.63. The predicted molar refractivity (Wildman–Crippen MR) is 175 cm³/mol. The number of ether oxygens (including phenoxy) is 1. The molecule has 0 N–H and O–H groups in total. The lowest BCUT2D eigenvalue weighted by Crippen LogP contribution is -2.06. The number of carbonyl (C=O) groups excluding carboxylic acids is 1. The van der Waals surface area contributed by atoms with Gasteiger partial charge in [0.2, 0.25) is 0 Å². The molecule has 0 radical (unpaired) electrons. The summed E-state index contributed by atoms with van der Waals surface area (Å²) in [7, 11) is 1.39. The molecule has 0 fully saturated rings. The summed E-state index contributed by atoms with van der Waals surface area (Å²) in [6.45, 7) is 0. The number of halogens is 2. The lowest BCUT2D eigenvalue weighted by molar-refractivity contribution is 0.0601. The molecule has 6 aromatic rings. The van der Waals surface area contributed by atoms with E-state index in [1.165, 1.54) is 7.11 Å². The Morgan fingerprint density at radius 2 is 0.952 bits per heavy atom. The lowest BCUT2D eigenvalue weighted by atomic mass is 9.78. The molecule has 204 valence electrons. The average molecular weight is 586 g/mol. The highest BCUT2D eigenvalue weighted by molar-refractivity contribution is 6.39. The molecule has 0 amide bonds. The van der Waals surface area contributed by atoms with E-state index in [9.17, 15) is 4.79 Å². The molecule has 0 aliphatic carbocycles. The monoisotopic (exact) mass is 584 g/mol. The van der Waals surface area contributed by atoms with Gasteiger partial charge in [0, 0.05) is 16.1 Å². The van der Waals surface area contributed by atoms with Crippen LogP contribution in [0, 0.1) is 0 Å². The van der Waals surface area contributed by atoms with Crippen LogP contribution < -0.4 is 0 Å². The van der Waals surface area contributed by atoms with E-state index in [2.05, 4.69) is 36.4 Å². The largest absolute Gasteiger partial charge is 0.465 e. The molecular weight excluding hydrogens is 559 g/mol. The van der Waals surface area contributed by atoms with Gasteiger partial charge in [-0.1, -0.05) is 145 Å². The molecule has 6 aromatic carbocycles. The van der Waals surface area contributed by atoms with Crippen LogP contribution in [0.2, 0.25) is 10.0 Å². The van der Waals surface area contributed by atoms with Crippen LogP contribution in [0.1, 0.15) is 10.4 Å². The zero-order chi connectivity index (χ0) is 29.1. The molecule has 0 saturated heterocycles. The molecule has 0 unspecified atom stereocenters. The van der Waals surface area contributed by atoms with Crippen molar-refractivity contribution in [1.82, 2.24) is 0 Å². The van der Waals surface area contributed by atoms with Crippen molar-refractivity contribution in [2.45, 2.75) is 0 Å². The smallest absolute Gasteiger partial charge is 0.338 e. The van der Waals surface area contributed by atoms with E-state index in [1.54, 1.807) is 6.07 Å². The SMILES string of the molecule is COC(=O)c1ccccc1-c1c(Cl)c(-c2cccc(Cl)c2)c(-c2ccccc2)c(-c2ccccc2)c1-c1ccccc1. The quantitative estimate of drug-likeness (QED) is 0.182. The van der Waals surface area contributed by atoms with Crippen LogP contribution in [0.4, 0.5) is 0 Å². The van der Waals surface area contributed by atoms with Gasteiger partial charge >= 0.3 is 5.97 Å². The average Bonchev–Trinajstić information content (AvgIpc) is 3.05. The fraction of sp³-hybridized carbons (Fsp3) is 0.0263. The molecule has 0 atom stereocenters. The van der Waals surface area contributed by atoms with Gasteiger partial charge in [-0.2, -0.15) is 0 Å². The molecule has 0 saturated carbocycles. The molecule has 0 aromatic heterocycles. The fourth-order valence-electron chi connectivity index (χ4n) is 5.56. The highest BCUT2D eigenvalue weighted by Crippen LogP contribution is 2.55. The third-order valence-corrected chi connectivity index (χ3v) is 7.95. The molecular formula is C38H26Cl2O2. The summed E-state index contributed by atoms with van der Waals surface area (Å²) in [4.78, 5) is 13.1. The molecule has 0 heterocycles. The van der Waals surface area contributed by atoms with Crippen molar-refractivity contribution in [2.24, 2.45) is 0 Å². The molecule has 0 bridgehead atoms. The molecule has 0 aliphatic rings. The zero-order valence-corrected chi connectivity index (χ0v) is 24.4. The Balaban J connectivity index is 1.91. The van der Waals surface area contributed by atoms with Gasteiger partial charge in [0.25, 0.3) is 0 Å². The maximum Gasteiger partial charge on any atom is 0.338 e. The topological polar surface area (TPSA) is 26.3 Å². The summed E-state index contributed by atoms with van der Waals surface area (Å²) in [5.74, 6) is -0.432. The highest BCUT2D eigenvalue weighted by atomic mass is 35.5. The van der Waals surface area contributed by atoms with Gasteiger partial charge in [-0.15, -0.1) is 0 Å². The zero-order valence-electron chi connectivity index (χ0n) is 22.9. The van der Waals surface area contributed by atoms with Crippen molar-refractivity contribution in [1.29, 1.82) is 0 Å². The summed E-state index contributed by atoms with van der Waals surface area (Å²) in [5.41, 5.74) is 9.49. The number of rotatable bonds is 6. The molecule has 0 aliphatic heterocycles. The number of benzene rings is 6. The van der Waals surface area contributed by atoms with Gasteiger partial charge in [0.15, 0.2) is 0 Å². The second-order valence-electron chi connectivity index (χ2n) is 9.83. The Kier molecular flexibility index (Phi) is 7.92. The van der Waals surface area contributed by atoms with Crippen LogP contribution in [0.15, 0.2) is 140 Å². The van der Waals surface area contributed by atoms with Crippen molar-refractivity contribution in [3.05, 3.63) is 155 Å². The first-order valence-electron chi connectivity index (χ1n) is 13.6. The van der Waals surface area contributed by atoms with E-state index in [1.807, 2.05) is 97.1 Å². The van der Waals surface area contributed by atoms with E-state index in [-0.39, 0.29) is 0 Å². The first-order valence-corrected chi connectivity index (χ1v) is 14.3. The second kappa shape index (κ2) is 12.1. The van der Waals surface area contributed by atoms with Crippen LogP contribution in [0.3, 0.4) is 0 Å². The minimum atomic E-state index is -0.432. The molecule has 42 heavy (non-hydrogen) atoms. The molecule has 4 heteroatoms. The summed E-state index contributed by atoms with van der Waals surface area (Å²) >= 11 is 14.2. The van der Waals surface area contributed by atoms with Gasteiger partial charge in [-0.05, 0) is 62.7 Å². The number of hydrogen-bond donors (Lipinski definition) is 0. The third-order valence-electron chi connectivity index (χ3n) is 7.34. The first kappa shape index (κ1) is 27.5. The maximum atomic E-state index is 13.1. The molecule has 6 rings (SSSR count). The fourth-order valence-corrected chi connectivity index (χ4v) is 6.15. The van der Waals surface area contributed by atoms with E-state index < -0.39 is 5.97 Å². The first-order chi connectivity index (χ1) is 20.6. The van der Waals surface area contributed by atoms with Crippen molar-refractivity contribution in [3.8, 4) is 55.6 Å². The van der Waals surface area contributed by atoms with Crippen molar-refractivity contribution in [2.75, 3.05) is 7.11 Å². The van der Waals surface area contributed by atoms with Gasteiger partial charge in [0.05, 0.1) is 17.7 Å². The number of methoxy groups -OCH3 is 1. The lowest BCUT2D eigenvalue weighted by Gasteiger charge is -2.27. The van der Waals surface area contributed by atoms with Crippen molar-refractivity contribution >= 4 is 29.2 Å². The van der Waals surface area contributed by atoms with Crippen LogP contribution >= 0.6 is 23.2 Å². The van der Waals surface area contributed by atoms with E-state index >= 15 is 0 Å². The Labute approximate surface area is 255 Å². The van der Waals surface area contributed by atoms with E-state index in [0.29, 0.717) is 21.2 Å². The van der Waals surface area contributed by atoms with Gasteiger partial charge < -0.3 is 4.74 Å². The second-order valence-corrected chi connectivity index (χ2v) is 10.6. The summed E-state index contributed by atoms with van der Waals surface area (Å²) < 4.78 is 5.22. The van der Waals surface area contributed by atoms with Gasteiger partial charge in [-0.25, -0.2) is 4.79 Å². The van der Waals surface area contributed by atoms with Gasteiger partial charge in [0.1, 0.15) is 0 Å². The Bertz CT molecular complexity index is 1880. The summed E-state index contributed by atoms with van der Waals surface area (Å²) in [6, 6.07) is 45.9. The number of esters is 1. The normalized spacial score (nSPS) is 10.8. The van der Waals surface area contributed by atoms with Crippen LogP contribution in [-0.4, -0.2) is 13.1 Å². The number of hydrogen-bond acceptors (Lipinski definition) is 2. The Morgan fingerprint density at radius 1 is 0.500 bits per heavy atom. The molecule has 0 spiro atoms. The van der Waals surface area contributed by atoms with E-state index in [4.69, 9.17) is 27.9 Å². The van der Waals surface area contributed by atoms with Crippen LogP contribution in [0.5, 0.6) is 0 Å². The minimum Gasteiger partial charge on any atom is -0.465 e. The molecule has 2 nitrogen and oxygen atoms in total. The number of carbonyl (C=O) groups is 1.